The number of anilines is 1. The third-order valence-electron chi connectivity index (χ3n) is 2.34. The van der Waals surface area contributed by atoms with Crippen LogP contribution in [0.25, 0.3) is 0 Å². The Morgan fingerprint density at radius 1 is 1.18 bits per heavy atom. The fourth-order valence-electron chi connectivity index (χ4n) is 1.48. The van der Waals surface area contributed by atoms with Crippen molar-refractivity contribution in [2.24, 2.45) is 0 Å². The lowest BCUT2D eigenvalue weighted by atomic mass is 10.2. The van der Waals surface area contributed by atoms with E-state index in [-0.39, 0.29) is 5.82 Å². The highest BCUT2D eigenvalue weighted by atomic mass is 79.9. The van der Waals surface area contributed by atoms with E-state index in [1.807, 2.05) is 30.3 Å². The molecule has 2 aromatic rings. The van der Waals surface area contributed by atoms with Crippen molar-refractivity contribution in [2.45, 2.75) is 6.54 Å². The minimum atomic E-state index is -0.254. The molecule has 0 fully saturated rings. The highest BCUT2D eigenvalue weighted by molar-refractivity contribution is 9.10. The van der Waals surface area contributed by atoms with E-state index in [0.29, 0.717) is 16.0 Å². The van der Waals surface area contributed by atoms with E-state index in [9.17, 15) is 4.39 Å². The second kappa shape index (κ2) is 5.52. The summed E-state index contributed by atoms with van der Waals surface area (Å²) in [5.41, 5.74) is 1.78. The zero-order valence-electron chi connectivity index (χ0n) is 8.88. The first-order valence-electron chi connectivity index (χ1n) is 5.09. The van der Waals surface area contributed by atoms with E-state index in [2.05, 4.69) is 21.2 Å². The van der Waals surface area contributed by atoms with E-state index >= 15 is 0 Å². The molecule has 88 valence electrons. The summed E-state index contributed by atoms with van der Waals surface area (Å²) < 4.78 is 13.8. The van der Waals surface area contributed by atoms with Crippen LogP contribution in [-0.4, -0.2) is 0 Å². The fourth-order valence-corrected chi connectivity index (χ4v) is 2.08. The molecule has 4 heteroatoms. The van der Waals surface area contributed by atoms with Crippen molar-refractivity contribution in [2.75, 3.05) is 5.32 Å². The summed E-state index contributed by atoms with van der Waals surface area (Å²) in [5, 5.41) is 3.86. The Hall–Kier alpha value is -1.06. The lowest BCUT2D eigenvalue weighted by Gasteiger charge is -2.08. The van der Waals surface area contributed by atoms with Crippen LogP contribution in [0.1, 0.15) is 5.56 Å². The van der Waals surface area contributed by atoms with E-state index in [1.165, 1.54) is 6.07 Å². The normalized spacial score (nSPS) is 10.3. The number of hydrogen-bond acceptors (Lipinski definition) is 1. The third kappa shape index (κ3) is 3.20. The van der Waals surface area contributed by atoms with Gasteiger partial charge < -0.3 is 5.32 Å². The molecule has 0 aliphatic heterocycles. The Morgan fingerprint density at radius 2 is 1.94 bits per heavy atom. The van der Waals surface area contributed by atoms with Crippen LogP contribution < -0.4 is 5.32 Å². The molecule has 0 saturated heterocycles. The lowest BCUT2D eigenvalue weighted by molar-refractivity contribution is 0.618. The van der Waals surface area contributed by atoms with Gasteiger partial charge in [-0.3, -0.25) is 0 Å². The predicted molar refractivity (Wildman–Crippen MR) is 72.9 cm³/mol. The van der Waals surface area contributed by atoms with Crippen LogP contribution in [0.4, 0.5) is 10.1 Å². The molecule has 0 radical (unpaired) electrons. The monoisotopic (exact) mass is 313 g/mol. The van der Waals surface area contributed by atoms with Crippen LogP contribution in [0.2, 0.25) is 5.02 Å². The lowest BCUT2D eigenvalue weighted by Crippen LogP contribution is -2.00. The van der Waals surface area contributed by atoms with E-state index in [1.54, 1.807) is 6.07 Å². The quantitative estimate of drug-likeness (QED) is 0.853. The first-order valence-corrected chi connectivity index (χ1v) is 6.26. The molecule has 0 amide bonds. The first-order chi connectivity index (χ1) is 8.16. The standard InChI is InChI=1S/C13H10BrClFN/c14-13-9(3-1-6-12(13)16)8-17-11-5-2-4-10(15)7-11/h1-7,17H,8H2. The van der Waals surface area contributed by atoms with Crippen molar-refractivity contribution in [3.8, 4) is 0 Å². The van der Waals surface area contributed by atoms with Crippen LogP contribution in [0.5, 0.6) is 0 Å². The molecule has 0 saturated carbocycles. The van der Waals surface area contributed by atoms with Crippen molar-refractivity contribution in [1.82, 2.24) is 0 Å². The van der Waals surface area contributed by atoms with Crippen molar-refractivity contribution in [3.05, 3.63) is 63.3 Å². The summed E-state index contributed by atoms with van der Waals surface area (Å²) in [5.74, 6) is -0.254. The fraction of sp³-hybridized carbons (Fsp3) is 0.0769. The number of hydrogen-bond donors (Lipinski definition) is 1. The molecule has 2 aromatic carbocycles. The molecule has 0 unspecified atom stereocenters. The van der Waals surface area contributed by atoms with Gasteiger partial charge >= 0.3 is 0 Å². The van der Waals surface area contributed by atoms with Gasteiger partial charge in [0, 0.05) is 17.3 Å². The van der Waals surface area contributed by atoms with Gasteiger partial charge in [-0.1, -0.05) is 29.8 Å². The number of halogens is 3. The number of benzene rings is 2. The molecule has 0 aliphatic carbocycles. The summed E-state index contributed by atoms with van der Waals surface area (Å²) >= 11 is 9.10. The van der Waals surface area contributed by atoms with Crippen LogP contribution in [0.15, 0.2) is 46.9 Å². The highest BCUT2D eigenvalue weighted by Gasteiger charge is 2.04. The minimum absolute atomic E-state index is 0.254. The van der Waals surface area contributed by atoms with Gasteiger partial charge in [-0.05, 0) is 45.8 Å². The Kier molecular flexibility index (Phi) is 4.02. The maximum absolute atomic E-state index is 13.3. The highest BCUT2D eigenvalue weighted by Crippen LogP contribution is 2.22. The average Bonchev–Trinajstić information content (AvgIpc) is 2.31. The zero-order valence-corrected chi connectivity index (χ0v) is 11.2. The van der Waals surface area contributed by atoms with Gasteiger partial charge in [-0.2, -0.15) is 0 Å². The Labute approximate surface area is 113 Å². The maximum atomic E-state index is 13.3. The third-order valence-corrected chi connectivity index (χ3v) is 3.46. The molecule has 1 nitrogen and oxygen atoms in total. The molecular formula is C13H10BrClFN. The second-order valence-corrected chi connectivity index (χ2v) is 4.81. The molecular weight excluding hydrogens is 305 g/mol. The Bertz CT molecular complexity index is 531. The summed E-state index contributed by atoms with van der Waals surface area (Å²) in [4.78, 5) is 0. The van der Waals surface area contributed by atoms with Gasteiger partial charge in [0.2, 0.25) is 0 Å². The van der Waals surface area contributed by atoms with Crippen LogP contribution in [-0.2, 0) is 6.54 Å². The Balaban J connectivity index is 2.10. The van der Waals surface area contributed by atoms with Crippen molar-refractivity contribution < 1.29 is 4.39 Å². The van der Waals surface area contributed by atoms with Crippen LogP contribution in [0.3, 0.4) is 0 Å². The molecule has 1 N–H and O–H groups in total. The summed E-state index contributed by atoms with van der Waals surface area (Å²) in [6, 6.07) is 12.4. The van der Waals surface area contributed by atoms with Crippen molar-refractivity contribution in [3.63, 3.8) is 0 Å². The largest absolute Gasteiger partial charge is 0.381 e. The minimum Gasteiger partial charge on any atom is -0.381 e. The zero-order chi connectivity index (χ0) is 12.3. The van der Waals surface area contributed by atoms with Gasteiger partial charge in [0.1, 0.15) is 5.82 Å². The summed E-state index contributed by atoms with van der Waals surface area (Å²) in [6.07, 6.45) is 0. The maximum Gasteiger partial charge on any atom is 0.137 e. The van der Waals surface area contributed by atoms with E-state index < -0.39 is 0 Å². The predicted octanol–water partition coefficient (Wildman–Crippen LogP) is 4.85. The topological polar surface area (TPSA) is 12.0 Å². The van der Waals surface area contributed by atoms with E-state index in [4.69, 9.17) is 11.6 Å². The van der Waals surface area contributed by atoms with Gasteiger partial charge in [-0.15, -0.1) is 0 Å². The molecule has 0 aliphatic rings. The molecule has 2 rings (SSSR count). The molecule has 17 heavy (non-hydrogen) atoms. The van der Waals surface area contributed by atoms with Crippen molar-refractivity contribution >= 4 is 33.2 Å². The van der Waals surface area contributed by atoms with Gasteiger partial charge in [0.05, 0.1) is 4.47 Å². The van der Waals surface area contributed by atoms with Crippen LogP contribution >= 0.6 is 27.5 Å². The van der Waals surface area contributed by atoms with Crippen LogP contribution in [0, 0.1) is 5.82 Å². The SMILES string of the molecule is Fc1cccc(CNc2cccc(Cl)c2)c1Br. The van der Waals surface area contributed by atoms with Crippen molar-refractivity contribution in [1.29, 1.82) is 0 Å². The average molecular weight is 315 g/mol. The van der Waals surface area contributed by atoms with Gasteiger partial charge in [0.25, 0.3) is 0 Å². The Morgan fingerprint density at radius 3 is 2.71 bits per heavy atom. The summed E-state index contributed by atoms with van der Waals surface area (Å²) in [6.45, 7) is 0.540. The summed E-state index contributed by atoms with van der Waals surface area (Å²) in [7, 11) is 0. The second-order valence-electron chi connectivity index (χ2n) is 3.58. The molecule has 0 bridgehead atoms. The van der Waals surface area contributed by atoms with E-state index in [0.717, 1.165) is 11.3 Å². The number of rotatable bonds is 3. The molecule has 0 spiro atoms. The van der Waals surface area contributed by atoms with Gasteiger partial charge in [0.15, 0.2) is 0 Å². The number of nitrogens with one attached hydrogen (secondary N) is 1. The van der Waals surface area contributed by atoms with Gasteiger partial charge in [-0.25, -0.2) is 4.39 Å². The molecule has 0 heterocycles. The molecule has 0 atom stereocenters. The smallest absolute Gasteiger partial charge is 0.137 e. The molecule has 0 aromatic heterocycles. The first kappa shape index (κ1) is 12.4.